The van der Waals surface area contributed by atoms with Crippen LogP contribution in [0.4, 0.5) is 5.82 Å². The van der Waals surface area contributed by atoms with Gasteiger partial charge in [0.25, 0.3) is 0 Å². The first kappa shape index (κ1) is 11.5. The molecule has 0 radical (unpaired) electrons. The Hall–Kier alpha value is -1.62. The largest absolute Gasteiger partial charge is 0.493 e. The van der Waals surface area contributed by atoms with Gasteiger partial charge in [-0.15, -0.1) is 0 Å². The van der Waals surface area contributed by atoms with Gasteiger partial charge in [-0.3, -0.25) is 0 Å². The van der Waals surface area contributed by atoms with Crippen LogP contribution >= 0.6 is 15.9 Å². The molecule has 2 heterocycles. The van der Waals surface area contributed by atoms with E-state index in [1.165, 1.54) is 5.56 Å². The van der Waals surface area contributed by atoms with E-state index in [4.69, 9.17) is 10.5 Å². The predicted molar refractivity (Wildman–Crippen MR) is 72.5 cm³/mol. The molecule has 1 aromatic heterocycles. The molecule has 0 saturated carbocycles. The maximum absolute atomic E-state index is 5.78. The number of nitrogen functional groups attached to an aromatic ring is 1. The molecule has 0 amide bonds. The maximum Gasteiger partial charge on any atom is 0.141 e. The Kier molecular flexibility index (Phi) is 2.91. The summed E-state index contributed by atoms with van der Waals surface area (Å²) in [6.07, 6.45) is 2.58. The second kappa shape index (κ2) is 4.57. The molecule has 18 heavy (non-hydrogen) atoms. The highest BCUT2D eigenvalue weighted by Gasteiger charge is 2.23. The first-order valence-electron chi connectivity index (χ1n) is 5.72. The van der Waals surface area contributed by atoms with Crippen molar-refractivity contribution in [1.82, 2.24) is 9.97 Å². The summed E-state index contributed by atoms with van der Waals surface area (Å²) in [7, 11) is 0. The zero-order valence-electron chi connectivity index (χ0n) is 9.64. The van der Waals surface area contributed by atoms with E-state index in [0.717, 1.165) is 22.5 Å². The summed E-state index contributed by atoms with van der Waals surface area (Å²) in [6.45, 7) is 0.595. The van der Waals surface area contributed by atoms with Crippen LogP contribution in [-0.2, 0) is 6.42 Å². The number of aromatic nitrogens is 2. The normalized spacial score (nSPS) is 17.9. The van der Waals surface area contributed by atoms with E-state index in [1.807, 2.05) is 18.2 Å². The van der Waals surface area contributed by atoms with Crippen molar-refractivity contribution >= 4 is 21.7 Å². The first-order valence-corrected chi connectivity index (χ1v) is 6.52. The summed E-state index contributed by atoms with van der Waals surface area (Å²) in [5, 5.41) is 0. The first-order chi connectivity index (χ1) is 8.74. The number of ether oxygens (including phenoxy) is 1. The van der Waals surface area contributed by atoms with E-state index < -0.39 is 0 Å². The molecule has 1 unspecified atom stereocenters. The molecule has 1 atom stereocenters. The van der Waals surface area contributed by atoms with Crippen LogP contribution in [0.3, 0.4) is 0 Å². The van der Waals surface area contributed by atoms with Gasteiger partial charge in [0, 0.05) is 6.20 Å². The fourth-order valence-electron chi connectivity index (χ4n) is 2.09. The Morgan fingerprint density at radius 1 is 1.33 bits per heavy atom. The smallest absolute Gasteiger partial charge is 0.141 e. The van der Waals surface area contributed by atoms with Crippen LogP contribution in [-0.4, -0.2) is 16.6 Å². The summed E-state index contributed by atoms with van der Waals surface area (Å²) < 4.78 is 6.45. The quantitative estimate of drug-likeness (QED) is 0.879. The molecule has 2 aromatic rings. The summed E-state index contributed by atoms with van der Waals surface area (Å²) in [5.41, 5.74) is 6.98. The zero-order chi connectivity index (χ0) is 12.5. The molecular weight excluding hydrogens is 294 g/mol. The second-order valence-electron chi connectivity index (χ2n) is 4.28. The van der Waals surface area contributed by atoms with Gasteiger partial charge >= 0.3 is 0 Å². The van der Waals surface area contributed by atoms with E-state index in [0.29, 0.717) is 12.4 Å². The van der Waals surface area contributed by atoms with Crippen molar-refractivity contribution in [2.24, 2.45) is 0 Å². The van der Waals surface area contributed by atoms with Crippen LogP contribution < -0.4 is 10.5 Å². The van der Waals surface area contributed by atoms with Crippen LogP contribution in [0.25, 0.3) is 0 Å². The monoisotopic (exact) mass is 305 g/mol. The Morgan fingerprint density at radius 2 is 2.17 bits per heavy atom. The number of fused-ring (bicyclic) bond motifs is 1. The average molecular weight is 306 g/mol. The molecule has 2 N–H and O–H groups in total. The number of rotatable bonds is 1. The van der Waals surface area contributed by atoms with Crippen LogP contribution in [0.15, 0.2) is 34.9 Å². The third-order valence-electron chi connectivity index (χ3n) is 3.03. The Bertz CT molecular complexity index is 588. The average Bonchev–Trinajstić information content (AvgIpc) is 2.41. The van der Waals surface area contributed by atoms with Crippen molar-refractivity contribution < 1.29 is 4.74 Å². The molecule has 0 spiro atoms. The number of anilines is 1. The third kappa shape index (κ3) is 2.06. The molecule has 1 aliphatic rings. The summed E-state index contributed by atoms with van der Waals surface area (Å²) in [5.74, 6) is 2.33. The van der Waals surface area contributed by atoms with Gasteiger partial charge < -0.3 is 10.5 Å². The number of hydrogen-bond donors (Lipinski definition) is 1. The molecule has 5 heteroatoms. The number of para-hydroxylation sites is 1. The molecule has 4 nitrogen and oxygen atoms in total. The van der Waals surface area contributed by atoms with Crippen LogP contribution in [0, 0.1) is 0 Å². The molecule has 0 fully saturated rings. The van der Waals surface area contributed by atoms with Gasteiger partial charge in [-0.1, -0.05) is 18.2 Å². The van der Waals surface area contributed by atoms with Gasteiger partial charge in [-0.25, -0.2) is 9.97 Å². The standard InChI is InChI=1S/C13H12BrN3O/c14-10-6-16-13(17-12(10)15)9-5-8-3-1-2-4-11(8)18-7-9/h1-4,6,9H,5,7H2,(H2,15,16,17). The Labute approximate surface area is 113 Å². The predicted octanol–water partition coefficient (Wildman–Crippen LogP) is 2.54. The van der Waals surface area contributed by atoms with E-state index in [9.17, 15) is 0 Å². The minimum Gasteiger partial charge on any atom is -0.493 e. The lowest BCUT2D eigenvalue weighted by molar-refractivity contribution is 0.258. The minimum atomic E-state index is 0.162. The van der Waals surface area contributed by atoms with Gasteiger partial charge in [0.1, 0.15) is 17.4 Å². The highest BCUT2D eigenvalue weighted by molar-refractivity contribution is 9.10. The lowest BCUT2D eigenvalue weighted by Gasteiger charge is -2.24. The molecule has 0 aliphatic carbocycles. The van der Waals surface area contributed by atoms with E-state index >= 15 is 0 Å². The van der Waals surface area contributed by atoms with Crippen molar-refractivity contribution in [2.45, 2.75) is 12.3 Å². The molecule has 92 valence electrons. The summed E-state index contributed by atoms with van der Waals surface area (Å²) in [6, 6.07) is 8.06. The summed E-state index contributed by atoms with van der Waals surface area (Å²) in [4.78, 5) is 8.63. The van der Waals surface area contributed by atoms with Gasteiger partial charge in [0.05, 0.1) is 17.0 Å². The van der Waals surface area contributed by atoms with Crippen LogP contribution in [0.1, 0.15) is 17.3 Å². The number of halogens is 1. The molecule has 0 bridgehead atoms. The van der Waals surface area contributed by atoms with Gasteiger partial charge in [-0.2, -0.15) is 0 Å². The second-order valence-corrected chi connectivity index (χ2v) is 5.14. The summed E-state index contributed by atoms with van der Waals surface area (Å²) >= 11 is 3.30. The maximum atomic E-state index is 5.78. The molecule has 1 aromatic carbocycles. The van der Waals surface area contributed by atoms with Crippen molar-refractivity contribution in [1.29, 1.82) is 0 Å². The SMILES string of the molecule is Nc1nc(C2COc3ccccc3C2)ncc1Br. The highest BCUT2D eigenvalue weighted by atomic mass is 79.9. The Morgan fingerprint density at radius 3 is 3.00 bits per heavy atom. The lowest BCUT2D eigenvalue weighted by atomic mass is 9.96. The fraction of sp³-hybridized carbons (Fsp3) is 0.231. The third-order valence-corrected chi connectivity index (χ3v) is 3.64. The van der Waals surface area contributed by atoms with Gasteiger partial charge in [0.15, 0.2) is 0 Å². The number of nitrogens with two attached hydrogens (primary N) is 1. The van der Waals surface area contributed by atoms with Crippen LogP contribution in [0.5, 0.6) is 5.75 Å². The topological polar surface area (TPSA) is 61.0 Å². The fourth-order valence-corrected chi connectivity index (χ4v) is 2.28. The van der Waals surface area contributed by atoms with Crippen molar-refractivity contribution in [3.63, 3.8) is 0 Å². The zero-order valence-corrected chi connectivity index (χ0v) is 11.2. The molecule has 0 saturated heterocycles. The number of hydrogen-bond acceptors (Lipinski definition) is 4. The highest BCUT2D eigenvalue weighted by Crippen LogP contribution is 2.31. The van der Waals surface area contributed by atoms with E-state index in [2.05, 4.69) is 32.0 Å². The number of nitrogens with zero attached hydrogens (tertiary/aromatic N) is 2. The van der Waals surface area contributed by atoms with Crippen molar-refractivity contribution in [3.05, 3.63) is 46.3 Å². The molecule has 1 aliphatic heterocycles. The van der Waals surface area contributed by atoms with Gasteiger partial charge in [-0.05, 0) is 34.0 Å². The lowest BCUT2D eigenvalue weighted by Crippen LogP contribution is -2.21. The van der Waals surface area contributed by atoms with Crippen molar-refractivity contribution in [3.8, 4) is 5.75 Å². The van der Waals surface area contributed by atoms with Gasteiger partial charge in [0.2, 0.25) is 0 Å². The molecule has 3 rings (SSSR count). The number of benzene rings is 1. The van der Waals surface area contributed by atoms with Crippen molar-refractivity contribution in [2.75, 3.05) is 12.3 Å². The minimum absolute atomic E-state index is 0.162. The molecular formula is C13H12BrN3O. The van der Waals surface area contributed by atoms with E-state index in [1.54, 1.807) is 6.20 Å². The Balaban J connectivity index is 1.89. The van der Waals surface area contributed by atoms with E-state index in [-0.39, 0.29) is 5.92 Å². The van der Waals surface area contributed by atoms with Crippen LogP contribution in [0.2, 0.25) is 0 Å².